The summed E-state index contributed by atoms with van der Waals surface area (Å²) in [5, 5.41) is 0. The Morgan fingerprint density at radius 3 is 2.82 bits per heavy atom. The van der Waals surface area contributed by atoms with Crippen LogP contribution in [0.25, 0.3) is 0 Å². The zero-order chi connectivity index (χ0) is 12.4. The maximum atomic E-state index is 5.72. The highest BCUT2D eigenvalue weighted by atomic mass is 79.9. The predicted octanol–water partition coefficient (Wildman–Crippen LogP) is 4.38. The Hall–Kier alpha value is -0.0600. The van der Waals surface area contributed by atoms with Crippen molar-refractivity contribution in [1.82, 2.24) is 0 Å². The number of halogens is 2. The van der Waals surface area contributed by atoms with Gasteiger partial charge in [0.2, 0.25) is 0 Å². The van der Waals surface area contributed by atoms with Gasteiger partial charge in [0.1, 0.15) is 5.75 Å². The van der Waals surface area contributed by atoms with E-state index in [4.69, 9.17) is 9.47 Å². The molecule has 1 saturated heterocycles. The molecular weight excluding hydrogens is 348 g/mol. The fourth-order valence-electron chi connectivity index (χ4n) is 2.10. The summed E-state index contributed by atoms with van der Waals surface area (Å²) < 4.78 is 12.3. The third-order valence-corrected chi connectivity index (χ3v) is 5.04. The van der Waals surface area contributed by atoms with E-state index < -0.39 is 0 Å². The largest absolute Gasteiger partial charge is 0.496 e. The van der Waals surface area contributed by atoms with E-state index in [0.717, 1.165) is 35.2 Å². The Bertz CT molecular complexity index is 401. The molecule has 2 nitrogen and oxygen atoms in total. The summed E-state index contributed by atoms with van der Waals surface area (Å²) in [4.78, 5) is 0.192. The lowest BCUT2D eigenvalue weighted by Crippen LogP contribution is -2.13. The van der Waals surface area contributed by atoms with Gasteiger partial charge in [0.15, 0.2) is 0 Å². The Kier molecular flexibility index (Phi) is 4.50. The average molecular weight is 364 g/mol. The van der Waals surface area contributed by atoms with Crippen molar-refractivity contribution >= 4 is 31.9 Å². The van der Waals surface area contributed by atoms with Crippen LogP contribution in [0.3, 0.4) is 0 Å². The average Bonchev–Trinajstić information content (AvgIpc) is 2.84. The molecule has 4 heteroatoms. The first-order chi connectivity index (χ1) is 8.13. The fourth-order valence-corrected chi connectivity index (χ4v) is 3.23. The van der Waals surface area contributed by atoms with Gasteiger partial charge in [-0.25, -0.2) is 0 Å². The van der Waals surface area contributed by atoms with Gasteiger partial charge in [0, 0.05) is 16.6 Å². The Morgan fingerprint density at radius 1 is 1.47 bits per heavy atom. The molecule has 1 aliphatic heterocycles. The molecule has 1 heterocycles. The predicted molar refractivity (Wildman–Crippen MR) is 76.1 cm³/mol. The molecule has 1 aromatic rings. The normalized spacial score (nSPS) is 21.5. The van der Waals surface area contributed by atoms with Crippen LogP contribution in [0.1, 0.15) is 28.8 Å². The van der Waals surface area contributed by atoms with Crippen molar-refractivity contribution in [3.8, 4) is 5.75 Å². The highest BCUT2D eigenvalue weighted by Gasteiger charge is 2.27. The molecule has 2 rings (SSSR count). The van der Waals surface area contributed by atoms with E-state index in [-0.39, 0.29) is 10.9 Å². The molecule has 0 saturated carbocycles. The quantitative estimate of drug-likeness (QED) is 0.742. The van der Waals surface area contributed by atoms with E-state index in [9.17, 15) is 0 Å². The van der Waals surface area contributed by atoms with Crippen LogP contribution in [0, 0.1) is 6.92 Å². The summed E-state index contributed by atoms with van der Waals surface area (Å²) in [5.74, 6) is 0.920. The zero-order valence-electron chi connectivity index (χ0n) is 10.0. The molecule has 0 aromatic heterocycles. The number of ether oxygens (including phenoxy) is 2. The van der Waals surface area contributed by atoms with Crippen LogP contribution < -0.4 is 4.74 Å². The molecule has 0 amide bonds. The molecule has 94 valence electrons. The monoisotopic (exact) mass is 362 g/mol. The van der Waals surface area contributed by atoms with Gasteiger partial charge in [-0.3, -0.25) is 0 Å². The molecule has 1 aromatic carbocycles. The van der Waals surface area contributed by atoms with Gasteiger partial charge in [-0.15, -0.1) is 0 Å². The Morgan fingerprint density at radius 2 is 2.24 bits per heavy atom. The van der Waals surface area contributed by atoms with Crippen LogP contribution in [0.4, 0.5) is 0 Å². The minimum Gasteiger partial charge on any atom is -0.496 e. The number of hydrogen-bond acceptors (Lipinski definition) is 2. The maximum Gasteiger partial charge on any atom is 0.123 e. The molecule has 2 unspecified atom stereocenters. The molecule has 0 aliphatic carbocycles. The van der Waals surface area contributed by atoms with Crippen LogP contribution in [0.5, 0.6) is 5.75 Å². The van der Waals surface area contributed by atoms with E-state index in [0.29, 0.717) is 0 Å². The van der Waals surface area contributed by atoms with Gasteiger partial charge in [-0.1, -0.05) is 31.9 Å². The second-order valence-electron chi connectivity index (χ2n) is 4.30. The number of methoxy groups -OCH3 is 1. The summed E-state index contributed by atoms with van der Waals surface area (Å²) in [5.41, 5.74) is 2.33. The molecule has 0 spiro atoms. The van der Waals surface area contributed by atoms with Crippen molar-refractivity contribution in [3.05, 3.63) is 27.7 Å². The third kappa shape index (κ3) is 2.85. The Balaban J connectivity index is 2.32. The first kappa shape index (κ1) is 13.4. The van der Waals surface area contributed by atoms with Gasteiger partial charge in [-0.05, 0) is 37.5 Å². The van der Waals surface area contributed by atoms with Crippen molar-refractivity contribution < 1.29 is 9.47 Å². The molecule has 0 radical (unpaired) electrons. The summed E-state index contributed by atoms with van der Waals surface area (Å²) >= 11 is 7.31. The van der Waals surface area contributed by atoms with Crippen molar-refractivity contribution in [1.29, 1.82) is 0 Å². The number of alkyl halides is 1. The lowest BCUT2D eigenvalue weighted by atomic mass is 10.0. The van der Waals surface area contributed by atoms with Crippen LogP contribution in [-0.4, -0.2) is 19.8 Å². The molecule has 0 bridgehead atoms. The minimum absolute atomic E-state index is 0.192. The third-order valence-electron chi connectivity index (χ3n) is 3.10. The summed E-state index contributed by atoms with van der Waals surface area (Å²) in [7, 11) is 1.71. The molecule has 2 atom stereocenters. The van der Waals surface area contributed by atoms with Crippen molar-refractivity contribution in [2.75, 3.05) is 13.7 Å². The van der Waals surface area contributed by atoms with Crippen LogP contribution in [0.15, 0.2) is 16.6 Å². The number of hydrogen-bond donors (Lipinski definition) is 0. The standard InChI is InChI=1S/C13H16Br2O2/c1-8-6-12(16-2)9(7-10(8)14)13(15)11-4-3-5-17-11/h6-7,11,13H,3-5H2,1-2H3. The van der Waals surface area contributed by atoms with E-state index in [1.807, 2.05) is 0 Å². The minimum atomic E-state index is 0.192. The second kappa shape index (κ2) is 5.72. The van der Waals surface area contributed by atoms with Crippen molar-refractivity contribution in [2.45, 2.75) is 30.7 Å². The lowest BCUT2D eigenvalue weighted by molar-refractivity contribution is 0.110. The van der Waals surface area contributed by atoms with Crippen LogP contribution in [0.2, 0.25) is 0 Å². The molecular formula is C13H16Br2O2. The van der Waals surface area contributed by atoms with Crippen molar-refractivity contribution in [3.63, 3.8) is 0 Å². The summed E-state index contributed by atoms with van der Waals surface area (Å²) in [6.45, 7) is 2.92. The SMILES string of the molecule is COc1cc(C)c(Br)cc1C(Br)C1CCCO1. The summed E-state index contributed by atoms with van der Waals surface area (Å²) in [6.07, 6.45) is 2.49. The van der Waals surface area contributed by atoms with E-state index in [2.05, 4.69) is 50.9 Å². The highest BCUT2D eigenvalue weighted by molar-refractivity contribution is 9.10. The fraction of sp³-hybridized carbons (Fsp3) is 0.538. The van der Waals surface area contributed by atoms with E-state index in [1.165, 1.54) is 5.56 Å². The maximum absolute atomic E-state index is 5.72. The molecule has 1 aliphatic rings. The topological polar surface area (TPSA) is 18.5 Å². The number of aryl methyl sites for hydroxylation is 1. The van der Waals surface area contributed by atoms with Gasteiger partial charge < -0.3 is 9.47 Å². The van der Waals surface area contributed by atoms with Gasteiger partial charge in [0.25, 0.3) is 0 Å². The Labute approximate surface area is 119 Å². The summed E-state index contributed by atoms with van der Waals surface area (Å²) in [6, 6.07) is 4.18. The van der Waals surface area contributed by atoms with Crippen molar-refractivity contribution in [2.24, 2.45) is 0 Å². The zero-order valence-corrected chi connectivity index (χ0v) is 13.2. The van der Waals surface area contributed by atoms with Crippen LogP contribution >= 0.6 is 31.9 Å². The highest BCUT2D eigenvalue weighted by Crippen LogP contribution is 2.40. The molecule has 1 fully saturated rings. The first-order valence-corrected chi connectivity index (χ1v) is 7.44. The number of benzene rings is 1. The molecule has 0 N–H and O–H groups in total. The van der Waals surface area contributed by atoms with Gasteiger partial charge >= 0.3 is 0 Å². The first-order valence-electron chi connectivity index (χ1n) is 5.73. The van der Waals surface area contributed by atoms with Gasteiger partial charge in [-0.2, -0.15) is 0 Å². The van der Waals surface area contributed by atoms with E-state index >= 15 is 0 Å². The lowest BCUT2D eigenvalue weighted by Gasteiger charge is -2.20. The van der Waals surface area contributed by atoms with E-state index in [1.54, 1.807) is 7.11 Å². The number of rotatable bonds is 3. The molecule has 17 heavy (non-hydrogen) atoms. The smallest absolute Gasteiger partial charge is 0.123 e. The van der Waals surface area contributed by atoms with Crippen LogP contribution in [-0.2, 0) is 4.74 Å². The van der Waals surface area contributed by atoms with Gasteiger partial charge in [0.05, 0.1) is 18.0 Å². The second-order valence-corrected chi connectivity index (χ2v) is 6.14.